The van der Waals surface area contributed by atoms with Crippen molar-refractivity contribution in [1.29, 1.82) is 0 Å². The zero-order valence-electron chi connectivity index (χ0n) is 4.99. The van der Waals surface area contributed by atoms with Crippen LogP contribution in [0.5, 0.6) is 0 Å². The summed E-state index contributed by atoms with van der Waals surface area (Å²) >= 11 is 0. The van der Waals surface area contributed by atoms with E-state index in [-0.39, 0.29) is 6.04 Å². The second-order valence-corrected chi connectivity index (χ2v) is 1.36. The van der Waals surface area contributed by atoms with Gasteiger partial charge in [0, 0.05) is 0 Å². The highest BCUT2D eigenvalue weighted by atomic mass is 16.1. The van der Waals surface area contributed by atoms with Crippen molar-refractivity contribution < 1.29 is 4.79 Å². The van der Waals surface area contributed by atoms with Crippen molar-refractivity contribution in [2.75, 3.05) is 0 Å². The molecule has 0 aliphatic heterocycles. The molecule has 1 radical (unpaired) electrons. The highest BCUT2D eigenvalue weighted by Gasteiger charge is 1.88. The normalized spacial score (nSPS) is 10.8. The van der Waals surface area contributed by atoms with Crippen LogP contribution >= 0.6 is 0 Å². The molecule has 1 atom stereocenters. The quantitative estimate of drug-likeness (QED) is 0.395. The fourth-order valence-electron chi connectivity index (χ4n) is 0.341. The highest BCUT2D eigenvalue weighted by molar-refractivity contribution is 5.48. The molecule has 0 fully saturated rings. The fourth-order valence-corrected chi connectivity index (χ4v) is 0.341. The van der Waals surface area contributed by atoms with Gasteiger partial charge < -0.3 is 5.32 Å². The van der Waals surface area contributed by atoms with E-state index >= 15 is 0 Å². The number of nitrogens with one attached hydrogen (secondary N) is 1. The van der Waals surface area contributed by atoms with Gasteiger partial charge in [0.1, 0.15) is 0 Å². The summed E-state index contributed by atoms with van der Waals surface area (Å²) in [5.41, 5.74) is 0. The Kier molecular flexibility index (Phi) is 3.69. The molecule has 0 aromatic carbocycles. The topological polar surface area (TPSA) is 29.1 Å². The Hall–Kier alpha value is -0.970. The molecule has 2 heteroatoms. The van der Waals surface area contributed by atoms with Crippen LogP contribution in [0, 0.1) is 11.8 Å². The second-order valence-electron chi connectivity index (χ2n) is 1.36. The standard InChI is InChI=1S/C6H8NO/c1-3-4-6(2)7-5-8/h6H,1-2H3,(H,7,8). The van der Waals surface area contributed by atoms with Crippen LogP contribution in [0.25, 0.3) is 0 Å². The lowest BCUT2D eigenvalue weighted by Crippen LogP contribution is -2.21. The molecule has 0 saturated heterocycles. The fraction of sp³-hybridized carbons (Fsp3) is 0.500. The molecule has 1 N–H and O–H groups in total. The molecule has 0 rings (SSSR count). The maximum Gasteiger partial charge on any atom is 0.310 e. The first kappa shape index (κ1) is 7.03. The molecule has 1 unspecified atom stereocenters. The predicted octanol–water partition coefficient (Wildman–Crippen LogP) is 0.0550. The van der Waals surface area contributed by atoms with Gasteiger partial charge in [-0.2, -0.15) is 0 Å². The Morgan fingerprint density at radius 1 is 1.62 bits per heavy atom. The Bertz CT molecular complexity index is 120. The molecule has 0 aliphatic rings. The maximum absolute atomic E-state index is 9.59. The highest BCUT2D eigenvalue weighted by Crippen LogP contribution is 1.71. The minimum absolute atomic E-state index is 0.0718. The molecule has 0 saturated carbocycles. The van der Waals surface area contributed by atoms with Gasteiger partial charge in [-0.25, -0.2) is 0 Å². The van der Waals surface area contributed by atoms with E-state index in [1.54, 1.807) is 20.3 Å². The Balaban J connectivity index is 3.41. The molecule has 0 heterocycles. The average Bonchev–Trinajstić information content (AvgIpc) is 1.68. The van der Waals surface area contributed by atoms with Crippen molar-refractivity contribution in [2.24, 2.45) is 0 Å². The maximum atomic E-state index is 9.59. The summed E-state index contributed by atoms with van der Waals surface area (Å²) in [7, 11) is 0. The first-order chi connectivity index (χ1) is 3.81. The predicted molar refractivity (Wildman–Crippen MR) is 31.7 cm³/mol. The van der Waals surface area contributed by atoms with Crippen molar-refractivity contribution >= 4 is 6.41 Å². The Morgan fingerprint density at radius 2 is 2.25 bits per heavy atom. The smallest absolute Gasteiger partial charge is 0.310 e. The molecule has 0 aromatic rings. The summed E-state index contributed by atoms with van der Waals surface area (Å²) < 4.78 is 0. The van der Waals surface area contributed by atoms with Crippen LogP contribution in [0.4, 0.5) is 0 Å². The van der Waals surface area contributed by atoms with E-state index in [1.165, 1.54) is 0 Å². The third-order valence-electron chi connectivity index (χ3n) is 0.636. The lowest BCUT2D eigenvalue weighted by atomic mass is 10.3. The van der Waals surface area contributed by atoms with Crippen molar-refractivity contribution in [3.63, 3.8) is 0 Å². The van der Waals surface area contributed by atoms with Gasteiger partial charge in [0.25, 0.3) is 0 Å². The van der Waals surface area contributed by atoms with Gasteiger partial charge >= 0.3 is 6.41 Å². The number of rotatable bonds is 2. The van der Waals surface area contributed by atoms with Crippen molar-refractivity contribution in [2.45, 2.75) is 19.9 Å². The third kappa shape index (κ3) is 3.23. The summed E-state index contributed by atoms with van der Waals surface area (Å²) in [6.07, 6.45) is 1.55. The minimum Gasteiger partial charge on any atom is -0.334 e. The number of hydrogen-bond acceptors (Lipinski definition) is 1. The summed E-state index contributed by atoms with van der Waals surface area (Å²) in [5, 5.41) is 2.37. The van der Waals surface area contributed by atoms with E-state index in [2.05, 4.69) is 17.2 Å². The lowest BCUT2D eigenvalue weighted by molar-refractivity contribution is 0.538. The van der Waals surface area contributed by atoms with E-state index in [1.807, 2.05) is 0 Å². The van der Waals surface area contributed by atoms with Crippen LogP contribution < -0.4 is 5.32 Å². The molecule has 1 amide bonds. The molecule has 43 valence electrons. The van der Waals surface area contributed by atoms with Gasteiger partial charge in [0.2, 0.25) is 0 Å². The molecule has 0 bridgehead atoms. The molecule has 0 spiro atoms. The molecule has 0 aliphatic carbocycles. The summed E-state index contributed by atoms with van der Waals surface area (Å²) in [6.45, 7) is 3.52. The minimum atomic E-state index is -0.0718. The van der Waals surface area contributed by atoms with E-state index in [0.29, 0.717) is 0 Å². The van der Waals surface area contributed by atoms with Crippen LogP contribution in [-0.2, 0) is 4.79 Å². The van der Waals surface area contributed by atoms with Gasteiger partial charge in [-0.05, 0) is 13.8 Å². The van der Waals surface area contributed by atoms with E-state index in [9.17, 15) is 4.79 Å². The molecule has 8 heavy (non-hydrogen) atoms. The molecule has 2 nitrogen and oxygen atoms in total. The van der Waals surface area contributed by atoms with E-state index in [0.717, 1.165) is 0 Å². The first-order valence-corrected chi connectivity index (χ1v) is 2.36. The van der Waals surface area contributed by atoms with Crippen LogP contribution in [0.2, 0.25) is 0 Å². The van der Waals surface area contributed by atoms with Gasteiger partial charge in [-0.15, -0.1) is 5.92 Å². The van der Waals surface area contributed by atoms with Crippen LogP contribution in [0.15, 0.2) is 0 Å². The Labute approximate surface area is 49.3 Å². The monoisotopic (exact) mass is 110 g/mol. The molecular formula is C6H8NO. The van der Waals surface area contributed by atoms with Crippen LogP contribution in [0.1, 0.15) is 13.8 Å². The average molecular weight is 110 g/mol. The van der Waals surface area contributed by atoms with Crippen molar-refractivity contribution in [3.8, 4) is 11.8 Å². The second kappa shape index (κ2) is 4.20. The summed E-state index contributed by atoms with van der Waals surface area (Å²) in [6, 6.07) is -0.0718. The number of amides is 1. The molecule has 0 aromatic heterocycles. The van der Waals surface area contributed by atoms with Crippen molar-refractivity contribution in [1.82, 2.24) is 5.32 Å². The van der Waals surface area contributed by atoms with Gasteiger partial charge in [-0.1, -0.05) is 5.92 Å². The number of hydrogen-bond donors (Lipinski definition) is 1. The van der Waals surface area contributed by atoms with Gasteiger partial charge in [0.05, 0.1) is 6.04 Å². The van der Waals surface area contributed by atoms with E-state index < -0.39 is 0 Å². The van der Waals surface area contributed by atoms with Crippen LogP contribution in [0.3, 0.4) is 0 Å². The lowest BCUT2D eigenvalue weighted by Gasteiger charge is -1.95. The SMILES string of the molecule is CC#CC(C)N[C]=O. The first-order valence-electron chi connectivity index (χ1n) is 2.36. The summed E-state index contributed by atoms with van der Waals surface area (Å²) in [4.78, 5) is 9.59. The van der Waals surface area contributed by atoms with Crippen LogP contribution in [-0.4, -0.2) is 12.5 Å². The Morgan fingerprint density at radius 3 is 2.62 bits per heavy atom. The molecular weight excluding hydrogens is 102 g/mol. The van der Waals surface area contributed by atoms with E-state index in [4.69, 9.17) is 0 Å². The number of carbonyl (C=O) groups excluding carboxylic acids is 1. The zero-order valence-corrected chi connectivity index (χ0v) is 4.99. The zero-order chi connectivity index (χ0) is 6.41. The van der Waals surface area contributed by atoms with Gasteiger partial charge in [0.15, 0.2) is 0 Å². The third-order valence-corrected chi connectivity index (χ3v) is 0.636. The largest absolute Gasteiger partial charge is 0.334 e. The van der Waals surface area contributed by atoms with Crippen molar-refractivity contribution in [3.05, 3.63) is 0 Å². The summed E-state index contributed by atoms with van der Waals surface area (Å²) in [5.74, 6) is 5.38. The van der Waals surface area contributed by atoms with Gasteiger partial charge in [-0.3, -0.25) is 4.79 Å².